The Morgan fingerprint density at radius 2 is 1.63 bits per heavy atom. The van der Waals surface area contributed by atoms with Crippen molar-refractivity contribution < 1.29 is 8.42 Å². The summed E-state index contributed by atoms with van der Waals surface area (Å²) in [4.78, 5) is 0.181. The standard InChI is InChI=1S/C20H27N3O2SSi/c1-16-7-9-20(10-8-16)26(24,25)23(13-18(3)17(2)11-21)14-19(12-22)15-27(4,5)6/h7-10,15H,13-14H2,1-6H3/b18-17+,19-15-. The van der Waals surface area contributed by atoms with E-state index in [2.05, 4.69) is 31.8 Å². The molecule has 0 aliphatic carbocycles. The molecule has 7 heteroatoms. The van der Waals surface area contributed by atoms with E-state index in [1.54, 1.807) is 38.1 Å². The lowest BCUT2D eigenvalue weighted by molar-refractivity contribution is 0.462. The minimum Gasteiger partial charge on any atom is -0.207 e. The van der Waals surface area contributed by atoms with Gasteiger partial charge in [-0.15, -0.1) is 0 Å². The van der Waals surface area contributed by atoms with E-state index in [0.717, 1.165) is 5.56 Å². The summed E-state index contributed by atoms with van der Waals surface area (Å²) in [6.07, 6.45) is 0. The van der Waals surface area contributed by atoms with Crippen molar-refractivity contribution >= 4 is 18.1 Å². The van der Waals surface area contributed by atoms with Crippen LogP contribution in [0.2, 0.25) is 19.6 Å². The second-order valence-corrected chi connectivity index (χ2v) is 14.7. The number of nitriles is 2. The first kappa shape index (κ1) is 22.8. The molecule has 0 fully saturated rings. The lowest BCUT2D eigenvalue weighted by atomic mass is 10.1. The van der Waals surface area contributed by atoms with Gasteiger partial charge in [0.2, 0.25) is 10.0 Å². The van der Waals surface area contributed by atoms with Crippen LogP contribution in [0.15, 0.2) is 51.6 Å². The van der Waals surface area contributed by atoms with Crippen LogP contribution in [0.3, 0.4) is 0 Å². The highest BCUT2D eigenvalue weighted by Gasteiger charge is 2.26. The van der Waals surface area contributed by atoms with Crippen LogP contribution in [0.5, 0.6) is 0 Å². The predicted molar refractivity (Wildman–Crippen MR) is 111 cm³/mol. The van der Waals surface area contributed by atoms with Crippen LogP contribution in [0.1, 0.15) is 19.4 Å². The fourth-order valence-corrected chi connectivity index (χ4v) is 5.04. The topological polar surface area (TPSA) is 85.0 Å². The van der Waals surface area contributed by atoms with Gasteiger partial charge in [0.15, 0.2) is 0 Å². The third kappa shape index (κ3) is 6.80. The van der Waals surface area contributed by atoms with Gasteiger partial charge >= 0.3 is 0 Å². The molecule has 27 heavy (non-hydrogen) atoms. The molecule has 1 rings (SSSR count). The van der Waals surface area contributed by atoms with Gasteiger partial charge in [-0.1, -0.05) is 43.0 Å². The first-order valence-electron chi connectivity index (χ1n) is 8.66. The molecule has 0 amide bonds. The Kier molecular flexibility index (Phi) is 7.73. The number of rotatable bonds is 7. The Morgan fingerprint density at radius 1 is 1.07 bits per heavy atom. The number of nitrogens with zero attached hydrogens (tertiary/aromatic N) is 3. The van der Waals surface area contributed by atoms with E-state index in [1.165, 1.54) is 4.31 Å². The normalized spacial score (nSPS) is 13.7. The molecule has 1 aromatic rings. The summed E-state index contributed by atoms with van der Waals surface area (Å²) in [5.41, 5.74) is 4.46. The van der Waals surface area contributed by atoms with Crippen LogP contribution in [0, 0.1) is 29.6 Å². The lowest BCUT2D eigenvalue weighted by Crippen LogP contribution is -2.35. The number of allylic oxidation sites excluding steroid dienone is 1. The maximum absolute atomic E-state index is 13.2. The van der Waals surface area contributed by atoms with E-state index < -0.39 is 18.1 Å². The molecule has 1 aromatic carbocycles. The van der Waals surface area contributed by atoms with Crippen molar-refractivity contribution in [3.8, 4) is 12.1 Å². The molecular weight excluding hydrogens is 374 g/mol. The summed E-state index contributed by atoms with van der Waals surface area (Å²) in [5, 5.41) is 18.6. The monoisotopic (exact) mass is 401 g/mol. The third-order valence-electron chi connectivity index (χ3n) is 3.98. The van der Waals surface area contributed by atoms with Crippen molar-refractivity contribution in [3.05, 3.63) is 52.2 Å². The van der Waals surface area contributed by atoms with Crippen molar-refractivity contribution in [2.75, 3.05) is 13.1 Å². The van der Waals surface area contributed by atoms with Crippen LogP contribution < -0.4 is 0 Å². The molecule has 0 unspecified atom stereocenters. The van der Waals surface area contributed by atoms with Crippen LogP contribution in [-0.4, -0.2) is 33.9 Å². The minimum atomic E-state index is -3.80. The zero-order valence-corrected chi connectivity index (χ0v) is 18.7. The minimum absolute atomic E-state index is 0.00692. The van der Waals surface area contributed by atoms with E-state index in [4.69, 9.17) is 5.26 Å². The highest BCUT2D eigenvalue weighted by molar-refractivity contribution is 7.89. The summed E-state index contributed by atoms with van der Waals surface area (Å²) in [5.74, 6) is 0. The van der Waals surface area contributed by atoms with Crippen LogP contribution >= 0.6 is 0 Å². The van der Waals surface area contributed by atoms with E-state index in [9.17, 15) is 13.7 Å². The average Bonchev–Trinajstić information content (AvgIpc) is 2.58. The Bertz CT molecular complexity index is 925. The summed E-state index contributed by atoms with van der Waals surface area (Å²) < 4.78 is 27.7. The molecule has 0 bridgehead atoms. The predicted octanol–water partition coefficient (Wildman–Crippen LogP) is 4.17. The lowest BCUT2D eigenvalue weighted by Gasteiger charge is -2.23. The largest absolute Gasteiger partial charge is 0.243 e. The van der Waals surface area contributed by atoms with Gasteiger partial charge in [0.25, 0.3) is 0 Å². The van der Waals surface area contributed by atoms with Crippen LogP contribution in [0.25, 0.3) is 0 Å². The van der Waals surface area contributed by atoms with E-state index in [1.807, 2.05) is 12.6 Å². The maximum Gasteiger partial charge on any atom is 0.243 e. The number of hydrogen-bond donors (Lipinski definition) is 0. The second-order valence-electron chi connectivity index (χ2n) is 7.75. The molecule has 0 spiro atoms. The van der Waals surface area contributed by atoms with Gasteiger partial charge in [-0.05, 0) is 38.5 Å². The van der Waals surface area contributed by atoms with Crippen LogP contribution in [0.4, 0.5) is 0 Å². The Balaban J connectivity index is 3.42. The molecule has 0 heterocycles. The van der Waals surface area contributed by atoms with Gasteiger partial charge in [0, 0.05) is 24.2 Å². The molecule has 0 atom stereocenters. The fourth-order valence-electron chi connectivity index (χ4n) is 2.39. The molecule has 0 aliphatic heterocycles. The van der Waals surface area contributed by atoms with Crippen molar-refractivity contribution in [1.29, 1.82) is 10.5 Å². The number of hydrogen-bond acceptors (Lipinski definition) is 4. The van der Waals surface area contributed by atoms with E-state index >= 15 is 0 Å². The van der Waals surface area contributed by atoms with Gasteiger partial charge in [0.1, 0.15) is 0 Å². The smallest absolute Gasteiger partial charge is 0.207 e. The number of aryl methyl sites for hydroxylation is 1. The molecule has 0 N–H and O–H groups in total. The molecule has 0 saturated heterocycles. The second kappa shape index (κ2) is 9.14. The molecule has 144 valence electrons. The van der Waals surface area contributed by atoms with Crippen molar-refractivity contribution in [1.82, 2.24) is 4.31 Å². The first-order chi connectivity index (χ1) is 12.4. The summed E-state index contributed by atoms with van der Waals surface area (Å²) in [6, 6.07) is 10.8. The quantitative estimate of drug-likeness (QED) is 0.507. The van der Waals surface area contributed by atoms with Crippen molar-refractivity contribution in [2.45, 2.75) is 45.3 Å². The van der Waals surface area contributed by atoms with Gasteiger partial charge < -0.3 is 0 Å². The number of benzene rings is 1. The zero-order valence-electron chi connectivity index (χ0n) is 16.9. The Hall–Kier alpha value is -2.19. The fraction of sp³-hybridized carbons (Fsp3) is 0.400. The van der Waals surface area contributed by atoms with Gasteiger partial charge in [-0.25, -0.2) is 8.42 Å². The molecule has 0 aromatic heterocycles. The third-order valence-corrected chi connectivity index (χ3v) is 7.00. The maximum atomic E-state index is 13.2. The highest BCUT2D eigenvalue weighted by atomic mass is 32.2. The summed E-state index contributed by atoms with van der Waals surface area (Å²) in [6.45, 7) is 11.6. The zero-order chi connectivity index (χ0) is 20.8. The van der Waals surface area contributed by atoms with Crippen LogP contribution in [-0.2, 0) is 10.0 Å². The molecule has 5 nitrogen and oxygen atoms in total. The van der Waals surface area contributed by atoms with Gasteiger partial charge in [-0.3, -0.25) is 0 Å². The van der Waals surface area contributed by atoms with Gasteiger partial charge in [0.05, 0.1) is 25.1 Å². The molecule has 0 aliphatic rings. The number of sulfonamides is 1. The molecular formula is C20H27N3O2SSi. The highest BCUT2D eigenvalue weighted by Crippen LogP contribution is 2.20. The Morgan fingerprint density at radius 3 is 2.07 bits per heavy atom. The summed E-state index contributed by atoms with van der Waals surface area (Å²) >= 11 is 0. The molecule has 0 radical (unpaired) electrons. The molecule has 0 saturated carbocycles. The summed E-state index contributed by atoms with van der Waals surface area (Å²) in [7, 11) is -5.50. The van der Waals surface area contributed by atoms with Gasteiger partial charge in [-0.2, -0.15) is 14.8 Å². The van der Waals surface area contributed by atoms with Crippen molar-refractivity contribution in [2.24, 2.45) is 0 Å². The Labute approximate surface area is 164 Å². The SMILES string of the molecule is C/C(C#N)=C(/C)CN(C/C(C#N)=C\[Si](C)(C)C)S(=O)(=O)c1ccc(C)cc1. The van der Waals surface area contributed by atoms with E-state index in [0.29, 0.717) is 16.7 Å². The van der Waals surface area contributed by atoms with E-state index in [-0.39, 0.29) is 18.0 Å². The first-order valence-corrected chi connectivity index (χ1v) is 13.7. The van der Waals surface area contributed by atoms with Crippen molar-refractivity contribution in [3.63, 3.8) is 0 Å². The average molecular weight is 402 g/mol.